The largest absolute Gasteiger partial charge is 0.444 e. The van der Waals surface area contributed by atoms with Gasteiger partial charge in [0.2, 0.25) is 5.91 Å². The average molecular weight is 344 g/mol. The molecular formula is C17H32N2O5. The topological polar surface area (TPSA) is 96.9 Å². The Morgan fingerprint density at radius 2 is 1.83 bits per heavy atom. The van der Waals surface area contributed by atoms with Crippen LogP contribution in [0.4, 0.5) is 4.79 Å². The van der Waals surface area contributed by atoms with Crippen LogP contribution in [0.2, 0.25) is 0 Å². The summed E-state index contributed by atoms with van der Waals surface area (Å²) in [5.41, 5.74) is -0.966. The van der Waals surface area contributed by atoms with Crippen LogP contribution in [0.5, 0.6) is 0 Å². The van der Waals surface area contributed by atoms with Gasteiger partial charge < -0.3 is 25.2 Å². The Labute approximate surface area is 144 Å². The minimum absolute atomic E-state index is 0.00246. The SMILES string of the molecule is CC(C)C(NC(=O)OC(C)(C)C)C(=O)NCC1(CO)CCOCC1. The van der Waals surface area contributed by atoms with Crippen LogP contribution in [0.3, 0.4) is 0 Å². The van der Waals surface area contributed by atoms with E-state index in [1.54, 1.807) is 20.8 Å². The van der Waals surface area contributed by atoms with E-state index in [4.69, 9.17) is 9.47 Å². The summed E-state index contributed by atoms with van der Waals surface area (Å²) >= 11 is 0. The van der Waals surface area contributed by atoms with Crippen LogP contribution in [0, 0.1) is 11.3 Å². The molecule has 0 spiro atoms. The Kier molecular flexibility index (Phi) is 7.48. The fourth-order valence-electron chi connectivity index (χ4n) is 2.55. The lowest BCUT2D eigenvalue weighted by atomic mass is 9.81. The first-order valence-electron chi connectivity index (χ1n) is 8.54. The zero-order valence-electron chi connectivity index (χ0n) is 15.5. The van der Waals surface area contributed by atoms with Gasteiger partial charge >= 0.3 is 6.09 Å². The lowest BCUT2D eigenvalue weighted by molar-refractivity contribution is -0.125. The van der Waals surface area contributed by atoms with E-state index in [-0.39, 0.29) is 23.8 Å². The lowest BCUT2D eigenvalue weighted by Crippen LogP contribution is -2.53. The van der Waals surface area contributed by atoms with Crippen molar-refractivity contribution in [2.75, 3.05) is 26.4 Å². The Morgan fingerprint density at radius 3 is 2.29 bits per heavy atom. The van der Waals surface area contributed by atoms with Crippen molar-refractivity contribution < 1.29 is 24.2 Å². The Balaban J connectivity index is 2.61. The first-order chi connectivity index (χ1) is 11.1. The summed E-state index contributed by atoms with van der Waals surface area (Å²) in [7, 11) is 0. The molecule has 1 fully saturated rings. The zero-order valence-corrected chi connectivity index (χ0v) is 15.5. The molecule has 140 valence electrons. The summed E-state index contributed by atoms with van der Waals surface area (Å²) < 4.78 is 10.5. The molecule has 1 aliphatic rings. The van der Waals surface area contributed by atoms with Gasteiger partial charge in [-0.25, -0.2) is 4.79 Å². The van der Waals surface area contributed by atoms with Crippen LogP contribution >= 0.6 is 0 Å². The van der Waals surface area contributed by atoms with Crippen LogP contribution in [0.25, 0.3) is 0 Å². The van der Waals surface area contributed by atoms with Gasteiger partial charge in [0.15, 0.2) is 0 Å². The maximum atomic E-state index is 12.5. The number of alkyl carbamates (subject to hydrolysis) is 1. The third kappa shape index (κ3) is 6.65. The highest BCUT2D eigenvalue weighted by Crippen LogP contribution is 2.29. The third-order valence-corrected chi connectivity index (χ3v) is 4.15. The van der Waals surface area contributed by atoms with Gasteiger partial charge in [-0.1, -0.05) is 13.8 Å². The molecule has 1 rings (SSSR count). The fraction of sp³-hybridized carbons (Fsp3) is 0.882. The third-order valence-electron chi connectivity index (χ3n) is 4.15. The van der Waals surface area contributed by atoms with Gasteiger partial charge in [0, 0.05) is 25.2 Å². The van der Waals surface area contributed by atoms with Crippen LogP contribution in [-0.2, 0) is 14.3 Å². The number of aliphatic hydroxyl groups is 1. The lowest BCUT2D eigenvalue weighted by Gasteiger charge is -2.36. The normalized spacial score (nSPS) is 18.8. The molecule has 24 heavy (non-hydrogen) atoms. The fourth-order valence-corrected chi connectivity index (χ4v) is 2.55. The van der Waals surface area contributed by atoms with Crippen LogP contribution < -0.4 is 10.6 Å². The molecule has 1 saturated heterocycles. The predicted octanol–water partition coefficient (Wildman–Crippen LogP) is 1.44. The highest BCUT2D eigenvalue weighted by atomic mass is 16.6. The molecule has 7 nitrogen and oxygen atoms in total. The van der Waals surface area contributed by atoms with E-state index >= 15 is 0 Å². The summed E-state index contributed by atoms with van der Waals surface area (Å²) in [6.45, 7) is 10.6. The second kappa shape index (κ2) is 8.67. The summed E-state index contributed by atoms with van der Waals surface area (Å²) in [6, 6.07) is -0.685. The quantitative estimate of drug-likeness (QED) is 0.677. The first-order valence-corrected chi connectivity index (χ1v) is 8.54. The average Bonchev–Trinajstić information content (AvgIpc) is 2.49. The molecule has 0 saturated carbocycles. The molecular weight excluding hydrogens is 312 g/mol. The zero-order chi connectivity index (χ0) is 18.4. The molecule has 3 N–H and O–H groups in total. The predicted molar refractivity (Wildman–Crippen MR) is 90.6 cm³/mol. The number of aliphatic hydroxyl groups excluding tert-OH is 1. The number of hydrogen-bond acceptors (Lipinski definition) is 5. The van der Waals surface area contributed by atoms with Gasteiger partial charge in [0.05, 0.1) is 6.61 Å². The highest BCUT2D eigenvalue weighted by molar-refractivity contribution is 5.85. The molecule has 0 aliphatic carbocycles. The molecule has 1 atom stereocenters. The molecule has 0 aromatic heterocycles. The van der Waals surface area contributed by atoms with Crippen LogP contribution in [-0.4, -0.2) is 55.1 Å². The molecule has 0 radical (unpaired) electrons. The molecule has 1 heterocycles. The number of nitrogens with one attached hydrogen (secondary N) is 2. The number of rotatable bonds is 6. The summed E-state index contributed by atoms with van der Waals surface area (Å²) in [6.07, 6.45) is 0.796. The summed E-state index contributed by atoms with van der Waals surface area (Å²) in [5.74, 6) is -0.354. The maximum absolute atomic E-state index is 12.5. The monoisotopic (exact) mass is 344 g/mol. The van der Waals surface area contributed by atoms with Crippen LogP contribution in [0.1, 0.15) is 47.5 Å². The molecule has 1 aliphatic heterocycles. The first kappa shape index (κ1) is 20.7. The van der Waals surface area contributed by atoms with E-state index in [0.717, 1.165) is 0 Å². The molecule has 0 aromatic rings. The molecule has 7 heteroatoms. The van der Waals surface area contributed by atoms with Gasteiger partial charge in [0.1, 0.15) is 11.6 Å². The number of carbonyl (C=O) groups is 2. The van der Waals surface area contributed by atoms with Gasteiger partial charge in [0.25, 0.3) is 0 Å². The number of carbonyl (C=O) groups excluding carboxylic acids is 2. The summed E-state index contributed by atoms with van der Waals surface area (Å²) in [4.78, 5) is 24.4. The van der Waals surface area contributed by atoms with E-state index < -0.39 is 17.7 Å². The van der Waals surface area contributed by atoms with E-state index in [1.807, 2.05) is 13.8 Å². The molecule has 2 amide bonds. The van der Waals surface area contributed by atoms with Crippen molar-refractivity contribution in [3.63, 3.8) is 0 Å². The number of amides is 2. The van der Waals surface area contributed by atoms with Gasteiger partial charge in [-0.05, 0) is 39.5 Å². The van der Waals surface area contributed by atoms with Crippen molar-refractivity contribution >= 4 is 12.0 Å². The van der Waals surface area contributed by atoms with Gasteiger partial charge in [-0.3, -0.25) is 4.79 Å². The van der Waals surface area contributed by atoms with E-state index in [1.165, 1.54) is 0 Å². The smallest absolute Gasteiger partial charge is 0.408 e. The molecule has 0 aromatic carbocycles. The Bertz CT molecular complexity index is 425. The Hall–Kier alpha value is -1.34. The van der Waals surface area contributed by atoms with Crippen molar-refractivity contribution in [2.45, 2.75) is 59.1 Å². The minimum atomic E-state index is -0.685. The van der Waals surface area contributed by atoms with Crippen molar-refractivity contribution in [1.29, 1.82) is 0 Å². The number of hydrogen-bond donors (Lipinski definition) is 3. The van der Waals surface area contributed by atoms with Crippen molar-refractivity contribution in [1.82, 2.24) is 10.6 Å². The van der Waals surface area contributed by atoms with Crippen molar-refractivity contribution in [3.8, 4) is 0 Å². The highest BCUT2D eigenvalue weighted by Gasteiger charge is 2.34. The number of ether oxygens (including phenoxy) is 2. The van der Waals surface area contributed by atoms with E-state index in [9.17, 15) is 14.7 Å². The van der Waals surface area contributed by atoms with Gasteiger partial charge in [-0.2, -0.15) is 0 Å². The minimum Gasteiger partial charge on any atom is -0.444 e. The molecule has 0 bridgehead atoms. The second-order valence-electron chi connectivity index (χ2n) is 7.86. The Morgan fingerprint density at radius 1 is 1.25 bits per heavy atom. The van der Waals surface area contributed by atoms with E-state index in [2.05, 4.69) is 10.6 Å². The van der Waals surface area contributed by atoms with E-state index in [0.29, 0.717) is 32.6 Å². The van der Waals surface area contributed by atoms with Crippen molar-refractivity contribution in [3.05, 3.63) is 0 Å². The van der Waals surface area contributed by atoms with Crippen molar-refractivity contribution in [2.24, 2.45) is 11.3 Å². The maximum Gasteiger partial charge on any atom is 0.408 e. The van der Waals surface area contributed by atoms with Gasteiger partial charge in [-0.15, -0.1) is 0 Å². The standard InChI is InChI=1S/C17H32N2O5/c1-12(2)13(19-15(22)24-16(3,4)5)14(21)18-10-17(11-20)6-8-23-9-7-17/h12-13,20H,6-11H2,1-5H3,(H,18,21)(H,19,22). The summed E-state index contributed by atoms with van der Waals surface area (Å²) in [5, 5.41) is 15.2. The second-order valence-corrected chi connectivity index (χ2v) is 7.86. The van der Waals surface area contributed by atoms with Crippen LogP contribution in [0.15, 0.2) is 0 Å². The molecule has 1 unspecified atom stereocenters.